The van der Waals surface area contributed by atoms with Crippen LogP contribution in [0.15, 0.2) is 54.6 Å². The topological polar surface area (TPSA) is 17.0 Å². The third kappa shape index (κ3) is 1.50. The summed E-state index contributed by atoms with van der Waals surface area (Å²) in [5.74, 6) is 0. The largest absolute Gasteiger partial charge is 0.386 e. The van der Waals surface area contributed by atoms with Gasteiger partial charge in [0.05, 0.1) is 16.9 Å². The number of benzene rings is 2. The van der Waals surface area contributed by atoms with E-state index in [1.165, 1.54) is 27.8 Å². The minimum Gasteiger partial charge on any atom is -0.386 e. The number of rotatable bonds is 2. The van der Waals surface area contributed by atoms with Crippen LogP contribution in [0, 0.1) is 0 Å². The normalized spacial score (nSPS) is 10.8. The summed E-state index contributed by atoms with van der Waals surface area (Å²) in [6.45, 7) is 0. The molecule has 0 fully saturated rings. The highest BCUT2D eigenvalue weighted by atomic mass is 15.0. The van der Waals surface area contributed by atoms with Gasteiger partial charge in [0.2, 0.25) is 0 Å². The van der Waals surface area contributed by atoms with Gasteiger partial charge in [-0.05, 0) is 6.07 Å². The number of nitrogens with one attached hydrogen (secondary N) is 1. The van der Waals surface area contributed by atoms with Crippen molar-refractivity contribution >= 4 is 16.6 Å². The van der Waals surface area contributed by atoms with Crippen LogP contribution in [0.2, 0.25) is 0 Å². The van der Waals surface area contributed by atoms with E-state index in [2.05, 4.69) is 65.5 Å². The molecule has 90 valence electrons. The van der Waals surface area contributed by atoms with Crippen LogP contribution in [-0.4, -0.2) is 11.6 Å². The molecule has 0 amide bonds. The minimum absolute atomic E-state index is 1.19. The van der Waals surface area contributed by atoms with Gasteiger partial charge in [0.25, 0.3) is 0 Å². The lowest BCUT2D eigenvalue weighted by Gasteiger charge is -2.07. The molecule has 18 heavy (non-hydrogen) atoms. The number of aromatic nitrogens is 1. The summed E-state index contributed by atoms with van der Waals surface area (Å²) in [7, 11) is 4.10. The van der Waals surface area contributed by atoms with E-state index in [1.54, 1.807) is 0 Å². The van der Waals surface area contributed by atoms with E-state index in [-0.39, 0.29) is 0 Å². The van der Waals surface area contributed by atoms with Crippen molar-refractivity contribution < 1.29 is 0 Å². The first-order valence-electron chi connectivity index (χ1n) is 6.13. The molecule has 0 aliphatic rings. The maximum atomic E-state index is 3.34. The Balaban J connectivity index is 2.38. The van der Waals surface area contributed by atoms with Gasteiger partial charge in [0, 0.05) is 25.0 Å². The molecular weight excluding hydrogens is 220 g/mol. The predicted octanol–water partition coefficient (Wildman–Crippen LogP) is 3.89. The molecule has 0 atom stereocenters. The molecule has 0 radical (unpaired) electrons. The summed E-state index contributed by atoms with van der Waals surface area (Å²) in [5.41, 5.74) is 4.92. The first-order chi connectivity index (χ1) is 8.83. The fraction of sp³-hybridized carbons (Fsp3) is 0.125. The van der Waals surface area contributed by atoms with E-state index in [1.807, 2.05) is 13.1 Å². The van der Waals surface area contributed by atoms with Crippen molar-refractivity contribution in [2.75, 3.05) is 12.4 Å². The van der Waals surface area contributed by atoms with Gasteiger partial charge in [-0.2, -0.15) is 0 Å². The predicted molar refractivity (Wildman–Crippen MR) is 77.9 cm³/mol. The van der Waals surface area contributed by atoms with Crippen LogP contribution in [0.25, 0.3) is 22.2 Å². The average Bonchev–Trinajstić information content (AvgIpc) is 2.73. The number of anilines is 1. The fourth-order valence-electron chi connectivity index (χ4n) is 2.58. The molecule has 1 heterocycles. The first-order valence-corrected chi connectivity index (χ1v) is 6.13. The third-order valence-corrected chi connectivity index (χ3v) is 3.40. The van der Waals surface area contributed by atoms with E-state index in [0.717, 1.165) is 0 Å². The van der Waals surface area contributed by atoms with Gasteiger partial charge in [0.1, 0.15) is 0 Å². The van der Waals surface area contributed by atoms with Crippen LogP contribution in [0.4, 0.5) is 5.69 Å². The van der Waals surface area contributed by atoms with Gasteiger partial charge in [0.15, 0.2) is 0 Å². The molecule has 0 saturated heterocycles. The van der Waals surface area contributed by atoms with E-state index >= 15 is 0 Å². The van der Waals surface area contributed by atoms with Crippen LogP contribution in [0.3, 0.4) is 0 Å². The monoisotopic (exact) mass is 236 g/mol. The Morgan fingerprint density at radius 2 is 1.56 bits per heavy atom. The maximum absolute atomic E-state index is 3.34. The van der Waals surface area contributed by atoms with Crippen molar-refractivity contribution in [3.8, 4) is 11.3 Å². The smallest absolute Gasteiger partial charge is 0.0724 e. The summed E-state index contributed by atoms with van der Waals surface area (Å²) in [4.78, 5) is 0. The Kier molecular flexibility index (Phi) is 2.56. The Labute approximate surface area is 107 Å². The maximum Gasteiger partial charge on any atom is 0.0724 e. The summed E-state index contributed by atoms with van der Waals surface area (Å²) in [5, 5.41) is 4.60. The van der Waals surface area contributed by atoms with Crippen LogP contribution < -0.4 is 5.32 Å². The van der Waals surface area contributed by atoms with Crippen LogP contribution >= 0.6 is 0 Å². The van der Waals surface area contributed by atoms with Crippen molar-refractivity contribution in [2.24, 2.45) is 7.05 Å². The number of para-hydroxylation sites is 1. The second kappa shape index (κ2) is 4.22. The van der Waals surface area contributed by atoms with E-state index in [0.29, 0.717) is 0 Å². The molecule has 2 heteroatoms. The van der Waals surface area contributed by atoms with Crippen molar-refractivity contribution in [1.29, 1.82) is 0 Å². The van der Waals surface area contributed by atoms with Crippen molar-refractivity contribution in [2.45, 2.75) is 0 Å². The number of nitrogens with zero attached hydrogens (tertiary/aromatic N) is 1. The van der Waals surface area contributed by atoms with Crippen LogP contribution in [-0.2, 0) is 7.05 Å². The van der Waals surface area contributed by atoms with E-state index < -0.39 is 0 Å². The highest BCUT2D eigenvalue weighted by molar-refractivity contribution is 6.01. The molecule has 0 aliphatic heterocycles. The second-order valence-corrected chi connectivity index (χ2v) is 4.42. The van der Waals surface area contributed by atoms with Gasteiger partial charge >= 0.3 is 0 Å². The van der Waals surface area contributed by atoms with Gasteiger partial charge < -0.3 is 9.88 Å². The lowest BCUT2D eigenvalue weighted by Crippen LogP contribution is -1.94. The molecule has 0 spiro atoms. The van der Waals surface area contributed by atoms with Crippen LogP contribution in [0.5, 0.6) is 0 Å². The van der Waals surface area contributed by atoms with Gasteiger partial charge in [-0.1, -0.05) is 48.5 Å². The summed E-state index contributed by atoms with van der Waals surface area (Å²) >= 11 is 0. The molecule has 0 bridgehead atoms. The number of hydrogen-bond acceptors (Lipinski definition) is 1. The minimum atomic E-state index is 1.19. The molecule has 2 aromatic carbocycles. The standard InChI is InChI=1S/C16H16N2/c1-17-15-13-10-6-7-11-14(13)18(2)16(15)12-8-4-3-5-9-12/h3-11,17H,1-2H3. The van der Waals surface area contributed by atoms with Gasteiger partial charge in [-0.3, -0.25) is 0 Å². The molecule has 0 aliphatic carbocycles. The lowest BCUT2D eigenvalue weighted by atomic mass is 10.1. The lowest BCUT2D eigenvalue weighted by molar-refractivity contribution is 0.978. The molecule has 0 unspecified atom stereocenters. The molecule has 0 saturated carbocycles. The second-order valence-electron chi connectivity index (χ2n) is 4.42. The fourth-order valence-corrected chi connectivity index (χ4v) is 2.58. The van der Waals surface area contributed by atoms with Crippen LogP contribution in [0.1, 0.15) is 0 Å². The highest BCUT2D eigenvalue weighted by Gasteiger charge is 2.14. The van der Waals surface area contributed by atoms with E-state index in [9.17, 15) is 0 Å². The zero-order chi connectivity index (χ0) is 12.5. The molecular formula is C16H16N2. The molecule has 1 aromatic heterocycles. The quantitative estimate of drug-likeness (QED) is 0.714. The average molecular weight is 236 g/mol. The summed E-state index contributed by atoms with van der Waals surface area (Å²) in [6.07, 6.45) is 0. The Hall–Kier alpha value is -2.22. The van der Waals surface area contributed by atoms with Crippen molar-refractivity contribution in [1.82, 2.24) is 4.57 Å². The highest BCUT2D eigenvalue weighted by Crippen LogP contribution is 2.36. The number of fused-ring (bicyclic) bond motifs is 1. The Morgan fingerprint density at radius 1 is 0.889 bits per heavy atom. The first kappa shape index (κ1) is 10.9. The van der Waals surface area contributed by atoms with E-state index in [4.69, 9.17) is 0 Å². The molecule has 1 N–H and O–H groups in total. The SMILES string of the molecule is CNc1c(-c2ccccc2)n(C)c2ccccc12. The zero-order valence-electron chi connectivity index (χ0n) is 10.6. The summed E-state index contributed by atoms with van der Waals surface area (Å²) in [6, 6.07) is 19.0. The zero-order valence-corrected chi connectivity index (χ0v) is 10.6. The molecule has 2 nitrogen and oxygen atoms in total. The van der Waals surface area contributed by atoms with Gasteiger partial charge in [-0.15, -0.1) is 0 Å². The summed E-state index contributed by atoms with van der Waals surface area (Å²) < 4.78 is 2.25. The number of hydrogen-bond donors (Lipinski definition) is 1. The van der Waals surface area contributed by atoms with Crippen molar-refractivity contribution in [3.63, 3.8) is 0 Å². The molecule has 3 rings (SSSR count). The number of aryl methyl sites for hydroxylation is 1. The van der Waals surface area contributed by atoms with Gasteiger partial charge in [-0.25, -0.2) is 0 Å². The van der Waals surface area contributed by atoms with Crippen molar-refractivity contribution in [3.05, 3.63) is 54.6 Å². The molecule has 3 aromatic rings. The third-order valence-electron chi connectivity index (χ3n) is 3.40. The Morgan fingerprint density at radius 3 is 2.28 bits per heavy atom. The Bertz CT molecular complexity index is 681.